The van der Waals surface area contributed by atoms with Gasteiger partial charge in [-0.15, -0.1) is 0 Å². The van der Waals surface area contributed by atoms with Crippen LogP contribution in [-0.4, -0.2) is 42.3 Å². The first kappa shape index (κ1) is 24.8. The number of halogens is 2. The van der Waals surface area contributed by atoms with Gasteiger partial charge in [0.15, 0.2) is 11.6 Å². The highest BCUT2D eigenvalue weighted by Crippen LogP contribution is 2.31. The smallest absolute Gasteiger partial charge is 0.324 e. The number of aliphatic hydroxyl groups excluding tert-OH is 1. The van der Waals surface area contributed by atoms with Gasteiger partial charge in [-0.2, -0.15) is 14.6 Å². The number of benzene rings is 1. The van der Waals surface area contributed by atoms with Crippen LogP contribution < -0.4 is 15.4 Å². The van der Waals surface area contributed by atoms with E-state index in [-0.39, 0.29) is 23.8 Å². The molecule has 4 rings (SSSR count). The number of aromatic nitrogens is 5. The van der Waals surface area contributed by atoms with Gasteiger partial charge < -0.3 is 15.2 Å². The number of carbonyl (C=O) groups excluding carboxylic acids is 1. The standard InChI is InChI=1S/C24H25F2N7O3/c1-24(2,13-34)19-10-20(33(4)31-19)30-23(35)29-16-5-6-18(22(26)21(16)25)36-15-7-8-27-17(9-15)14-11-28-32(3)12-14/h5-12,34H,13H2,1-4H3,(H2,29,30,35). The van der Waals surface area contributed by atoms with Gasteiger partial charge in [0.1, 0.15) is 11.6 Å². The number of urea groups is 1. The molecule has 0 spiro atoms. The molecule has 3 aromatic heterocycles. The molecule has 12 heteroatoms. The van der Waals surface area contributed by atoms with Crippen LogP contribution in [0.4, 0.5) is 25.1 Å². The lowest BCUT2D eigenvalue weighted by atomic mass is 9.91. The van der Waals surface area contributed by atoms with Gasteiger partial charge in [0.25, 0.3) is 0 Å². The maximum absolute atomic E-state index is 14.8. The first-order valence-electron chi connectivity index (χ1n) is 10.9. The van der Waals surface area contributed by atoms with Crippen LogP contribution in [0.15, 0.2) is 48.9 Å². The van der Waals surface area contributed by atoms with E-state index in [1.54, 1.807) is 57.2 Å². The zero-order chi connectivity index (χ0) is 26.0. The summed E-state index contributed by atoms with van der Waals surface area (Å²) in [5, 5.41) is 22.7. The number of nitrogens with one attached hydrogen (secondary N) is 2. The molecule has 0 aliphatic carbocycles. The van der Waals surface area contributed by atoms with Crippen molar-refractivity contribution in [1.29, 1.82) is 0 Å². The number of pyridine rings is 1. The number of hydrogen-bond donors (Lipinski definition) is 3. The van der Waals surface area contributed by atoms with E-state index in [1.807, 2.05) is 0 Å². The Morgan fingerprint density at radius 2 is 1.92 bits per heavy atom. The minimum Gasteiger partial charge on any atom is -0.454 e. The first-order valence-corrected chi connectivity index (χ1v) is 10.9. The van der Waals surface area contributed by atoms with Crippen LogP contribution in [0.5, 0.6) is 11.5 Å². The van der Waals surface area contributed by atoms with Crippen LogP contribution >= 0.6 is 0 Å². The zero-order valence-corrected chi connectivity index (χ0v) is 20.1. The maximum Gasteiger partial charge on any atom is 0.324 e. The number of amides is 2. The van der Waals surface area contributed by atoms with E-state index in [9.17, 15) is 18.7 Å². The van der Waals surface area contributed by atoms with E-state index in [2.05, 4.69) is 25.8 Å². The summed E-state index contributed by atoms with van der Waals surface area (Å²) in [6, 6.07) is 6.29. The summed E-state index contributed by atoms with van der Waals surface area (Å²) in [7, 11) is 3.38. The van der Waals surface area contributed by atoms with Crippen molar-refractivity contribution in [2.45, 2.75) is 19.3 Å². The molecule has 4 aromatic rings. The minimum absolute atomic E-state index is 0.140. The zero-order valence-electron chi connectivity index (χ0n) is 20.1. The normalized spacial score (nSPS) is 11.4. The second-order valence-electron chi connectivity index (χ2n) is 8.78. The number of rotatable bonds is 7. The third-order valence-electron chi connectivity index (χ3n) is 5.47. The van der Waals surface area contributed by atoms with Crippen molar-refractivity contribution in [3.8, 4) is 22.8 Å². The summed E-state index contributed by atoms with van der Waals surface area (Å²) in [4.78, 5) is 16.7. The van der Waals surface area contributed by atoms with Gasteiger partial charge in [-0.3, -0.25) is 19.7 Å². The van der Waals surface area contributed by atoms with Gasteiger partial charge >= 0.3 is 6.03 Å². The van der Waals surface area contributed by atoms with Crippen LogP contribution in [0.1, 0.15) is 19.5 Å². The van der Waals surface area contributed by atoms with E-state index in [1.165, 1.54) is 29.1 Å². The molecule has 0 radical (unpaired) electrons. The summed E-state index contributed by atoms with van der Waals surface area (Å²) >= 11 is 0. The fourth-order valence-corrected chi connectivity index (χ4v) is 3.29. The van der Waals surface area contributed by atoms with E-state index in [0.717, 1.165) is 5.56 Å². The Morgan fingerprint density at radius 1 is 1.14 bits per heavy atom. The predicted octanol–water partition coefficient (Wildman–Crippen LogP) is 4.20. The highest BCUT2D eigenvalue weighted by Gasteiger charge is 2.24. The van der Waals surface area contributed by atoms with Crippen LogP contribution in [0, 0.1) is 11.6 Å². The molecule has 1 aromatic carbocycles. The summed E-state index contributed by atoms with van der Waals surface area (Å²) in [6.07, 6.45) is 4.87. The molecule has 10 nitrogen and oxygen atoms in total. The van der Waals surface area contributed by atoms with Crippen molar-refractivity contribution in [3.63, 3.8) is 0 Å². The number of hydrogen-bond acceptors (Lipinski definition) is 6. The van der Waals surface area contributed by atoms with E-state index in [4.69, 9.17) is 4.74 Å². The first-order chi connectivity index (χ1) is 17.1. The van der Waals surface area contributed by atoms with Gasteiger partial charge in [-0.25, -0.2) is 9.18 Å². The van der Waals surface area contributed by atoms with Crippen LogP contribution in [0.3, 0.4) is 0 Å². The molecule has 3 heterocycles. The molecule has 0 fully saturated rings. The Morgan fingerprint density at radius 3 is 2.61 bits per heavy atom. The molecule has 0 aliphatic rings. The number of ether oxygens (including phenoxy) is 1. The van der Waals surface area contributed by atoms with E-state index >= 15 is 0 Å². The molecule has 36 heavy (non-hydrogen) atoms. The summed E-state index contributed by atoms with van der Waals surface area (Å²) in [6.45, 7) is 3.46. The van der Waals surface area contributed by atoms with Crippen molar-refractivity contribution in [2.75, 3.05) is 17.2 Å². The topological polar surface area (TPSA) is 119 Å². The Bertz CT molecular complexity index is 1410. The van der Waals surface area contributed by atoms with Crippen molar-refractivity contribution in [1.82, 2.24) is 24.5 Å². The molecular weight excluding hydrogens is 472 g/mol. The molecular formula is C24H25F2N7O3. The van der Waals surface area contributed by atoms with Crippen molar-refractivity contribution in [2.24, 2.45) is 14.1 Å². The molecule has 0 saturated carbocycles. The highest BCUT2D eigenvalue weighted by atomic mass is 19.2. The average molecular weight is 498 g/mol. The molecule has 3 N–H and O–H groups in total. The number of aliphatic hydroxyl groups is 1. The molecule has 2 amide bonds. The molecule has 0 saturated heterocycles. The van der Waals surface area contributed by atoms with Crippen LogP contribution in [0.25, 0.3) is 11.3 Å². The fourth-order valence-electron chi connectivity index (χ4n) is 3.29. The third-order valence-corrected chi connectivity index (χ3v) is 5.47. The van der Waals surface area contributed by atoms with E-state index in [0.29, 0.717) is 17.2 Å². The average Bonchev–Trinajstić information content (AvgIpc) is 3.45. The molecule has 188 valence electrons. The third kappa shape index (κ3) is 5.18. The van der Waals surface area contributed by atoms with Gasteiger partial charge in [-0.1, -0.05) is 13.8 Å². The lowest BCUT2D eigenvalue weighted by Crippen LogP contribution is -2.22. The molecule has 0 aliphatic heterocycles. The summed E-state index contributed by atoms with van der Waals surface area (Å²) in [5.41, 5.74) is 0.857. The second-order valence-corrected chi connectivity index (χ2v) is 8.78. The predicted molar refractivity (Wildman–Crippen MR) is 129 cm³/mol. The Labute approximate surface area is 205 Å². The number of aryl methyl sites for hydroxylation is 2. The summed E-state index contributed by atoms with van der Waals surface area (Å²) in [5.74, 6) is -2.34. The van der Waals surface area contributed by atoms with Crippen LogP contribution in [-0.2, 0) is 19.5 Å². The highest BCUT2D eigenvalue weighted by molar-refractivity contribution is 5.99. The van der Waals surface area contributed by atoms with Gasteiger partial charge in [0, 0.05) is 49.6 Å². The summed E-state index contributed by atoms with van der Waals surface area (Å²) < 4.78 is 38.0. The van der Waals surface area contributed by atoms with Crippen molar-refractivity contribution < 1.29 is 23.4 Å². The van der Waals surface area contributed by atoms with Crippen LogP contribution in [0.2, 0.25) is 0 Å². The van der Waals surface area contributed by atoms with E-state index < -0.39 is 23.1 Å². The van der Waals surface area contributed by atoms with Gasteiger partial charge in [0.2, 0.25) is 5.82 Å². The maximum atomic E-state index is 14.8. The Balaban J connectivity index is 1.47. The Hall–Kier alpha value is -4.32. The second kappa shape index (κ2) is 9.74. The molecule has 0 atom stereocenters. The van der Waals surface area contributed by atoms with Gasteiger partial charge in [-0.05, 0) is 18.2 Å². The number of nitrogens with zero attached hydrogens (tertiary/aromatic N) is 5. The van der Waals surface area contributed by atoms with Gasteiger partial charge in [0.05, 0.1) is 29.9 Å². The largest absolute Gasteiger partial charge is 0.454 e. The number of anilines is 2. The fraction of sp³-hybridized carbons (Fsp3) is 0.250. The van der Waals surface area contributed by atoms with Crippen molar-refractivity contribution in [3.05, 3.63) is 66.3 Å². The number of carbonyl (C=O) groups is 1. The van der Waals surface area contributed by atoms with Crippen molar-refractivity contribution >= 4 is 17.5 Å². The lowest BCUT2D eigenvalue weighted by Gasteiger charge is -2.17. The SMILES string of the molecule is Cn1cc(-c2cc(Oc3ccc(NC(=O)Nc4cc(C(C)(C)CO)nn4C)c(F)c3F)ccn2)cn1. The molecule has 0 unspecified atom stereocenters. The lowest BCUT2D eigenvalue weighted by molar-refractivity contribution is 0.214. The Kier molecular flexibility index (Phi) is 6.71. The minimum atomic E-state index is -1.28. The monoisotopic (exact) mass is 497 g/mol. The molecule has 0 bridgehead atoms. The quantitative estimate of drug-likeness (QED) is 0.352.